The summed E-state index contributed by atoms with van der Waals surface area (Å²) in [6.45, 7) is 7.00. The van der Waals surface area contributed by atoms with Gasteiger partial charge in [0.05, 0.1) is 18.9 Å². The van der Waals surface area contributed by atoms with Crippen molar-refractivity contribution in [2.24, 2.45) is 16.4 Å². The fourth-order valence-corrected chi connectivity index (χ4v) is 4.93. The SMILES string of the molecule is CCN1N=C2CCN(C(=O)C(COCc3ccccc3)NC(=O)C(C)C)CC2(Cc2ccccc2)C1=O. The van der Waals surface area contributed by atoms with Crippen LogP contribution in [-0.4, -0.2) is 65.6 Å². The van der Waals surface area contributed by atoms with Crippen LogP contribution in [0.25, 0.3) is 0 Å². The second kappa shape index (κ2) is 11.7. The monoisotopic (exact) mass is 504 g/mol. The number of carbonyl (C=O) groups is 3. The second-order valence-corrected chi connectivity index (χ2v) is 10.0. The molecular formula is C29H36N4O4. The standard InChI is InChI=1S/C29H36N4O4/c1-4-33-28(36)29(17-22-11-7-5-8-12-22)20-32(16-15-25(29)31-33)27(35)24(30-26(34)21(2)3)19-37-18-23-13-9-6-10-14-23/h5-14,21,24H,4,15-20H2,1-3H3,(H,30,34). The van der Waals surface area contributed by atoms with E-state index in [1.165, 1.54) is 5.01 Å². The summed E-state index contributed by atoms with van der Waals surface area (Å²) >= 11 is 0. The van der Waals surface area contributed by atoms with Gasteiger partial charge in [-0.3, -0.25) is 14.4 Å². The Kier molecular flexibility index (Phi) is 8.38. The summed E-state index contributed by atoms with van der Waals surface area (Å²) in [5.41, 5.74) is 1.94. The van der Waals surface area contributed by atoms with Gasteiger partial charge in [-0.2, -0.15) is 5.10 Å². The van der Waals surface area contributed by atoms with Crippen molar-refractivity contribution in [1.82, 2.24) is 15.2 Å². The molecule has 0 aromatic heterocycles. The van der Waals surface area contributed by atoms with Gasteiger partial charge < -0.3 is 15.0 Å². The smallest absolute Gasteiger partial charge is 0.256 e. The summed E-state index contributed by atoms with van der Waals surface area (Å²) in [5, 5.41) is 9.03. The van der Waals surface area contributed by atoms with E-state index in [-0.39, 0.29) is 36.8 Å². The van der Waals surface area contributed by atoms with Crippen LogP contribution in [0.3, 0.4) is 0 Å². The third kappa shape index (κ3) is 5.91. The summed E-state index contributed by atoms with van der Waals surface area (Å²) < 4.78 is 5.88. The highest BCUT2D eigenvalue weighted by atomic mass is 16.5. The Morgan fingerprint density at radius 3 is 2.32 bits per heavy atom. The average Bonchev–Trinajstić information content (AvgIpc) is 3.19. The number of benzene rings is 2. The fourth-order valence-electron chi connectivity index (χ4n) is 4.93. The van der Waals surface area contributed by atoms with Gasteiger partial charge in [0, 0.05) is 32.0 Å². The molecule has 1 N–H and O–H groups in total. The molecular weight excluding hydrogens is 468 g/mol. The molecule has 2 aromatic rings. The minimum Gasteiger partial charge on any atom is -0.374 e. The van der Waals surface area contributed by atoms with Crippen LogP contribution in [0.4, 0.5) is 0 Å². The van der Waals surface area contributed by atoms with Crippen LogP contribution in [0.1, 0.15) is 38.3 Å². The minimum absolute atomic E-state index is 0.0460. The first-order valence-electron chi connectivity index (χ1n) is 13.0. The number of hydrogen-bond donors (Lipinski definition) is 1. The van der Waals surface area contributed by atoms with Gasteiger partial charge in [0.2, 0.25) is 11.8 Å². The van der Waals surface area contributed by atoms with Gasteiger partial charge >= 0.3 is 0 Å². The summed E-state index contributed by atoms with van der Waals surface area (Å²) in [7, 11) is 0. The van der Waals surface area contributed by atoms with Crippen LogP contribution in [0.5, 0.6) is 0 Å². The van der Waals surface area contributed by atoms with Crippen molar-refractivity contribution in [3.05, 3.63) is 71.8 Å². The first-order chi connectivity index (χ1) is 17.8. The molecule has 1 saturated heterocycles. The molecule has 0 bridgehead atoms. The molecule has 2 aromatic carbocycles. The van der Waals surface area contributed by atoms with Gasteiger partial charge in [0.1, 0.15) is 11.5 Å². The lowest BCUT2D eigenvalue weighted by Gasteiger charge is -2.40. The first kappa shape index (κ1) is 26.5. The van der Waals surface area contributed by atoms with Crippen molar-refractivity contribution >= 4 is 23.4 Å². The van der Waals surface area contributed by atoms with E-state index in [4.69, 9.17) is 4.74 Å². The number of hydrogen-bond acceptors (Lipinski definition) is 5. The molecule has 8 nitrogen and oxygen atoms in total. The van der Waals surface area contributed by atoms with Crippen LogP contribution in [-0.2, 0) is 32.1 Å². The molecule has 1 fully saturated rings. The second-order valence-electron chi connectivity index (χ2n) is 10.0. The van der Waals surface area contributed by atoms with Crippen molar-refractivity contribution in [2.75, 3.05) is 26.2 Å². The summed E-state index contributed by atoms with van der Waals surface area (Å²) in [6.07, 6.45) is 0.982. The Hall–Kier alpha value is -3.52. The zero-order valence-corrected chi connectivity index (χ0v) is 21.9. The van der Waals surface area contributed by atoms with Crippen molar-refractivity contribution in [2.45, 2.75) is 46.3 Å². The van der Waals surface area contributed by atoms with Crippen LogP contribution < -0.4 is 5.32 Å². The number of ether oxygens (including phenoxy) is 1. The topological polar surface area (TPSA) is 91.3 Å². The van der Waals surface area contributed by atoms with Gasteiger partial charge in [-0.25, -0.2) is 5.01 Å². The van der Waals surface area contributed by atoms with Crippen molar-refractivity contribution < 1.29 is 19.1 Å². The first-order valence-corrected chi connectivity index (χ1v) is 13.0. The highest BCUT2D eigenvalue weighted by Crippen LogP contribution is 2.38. The fraction of sp³-hybridized carbons (Fsp3) is 0.448. The van der Waals surface area contributed by atoms with Crippen molar-refractivity contribution in [3.63, 3.8) is 0 Å². The molecule has 37 heavy (non-hydrogen) atoms. The maximum absolute atomic E-state index is 13.8. The molecule has 3 amide bonds. The summed E-state index contributed by atoms with van der Waals surface area (Å²) in [5.74, 6) is -0.803. The Morgan fingerprint density at radius 1 is 1.05 bits per heavy atom. The summed E-state index contributed by atoms with van der Waals surface area (Å²) in [4.78, 5) is 41.7. The van der Waals surface area contributed by atoms with E-state index in [1.807, 2.05) is 67.6 Å². The number of likely N-dealkylation sites (tertiary alicyclic amines) is 1. The van der Waals surface area contributed by atoms with E-state index < -0.39 is 11.5 Å². The Balaban J connectivity index is 1.54. The number of nitrogens with one attached hydrogen (secondary N) is 1. The maximum Gasteiger partial charge on any atom is 0.256 e. The van der Waals surface area contributed by atoms with E-state index >= 15 is 0 Å². The van der Waals surface area contributed by atoms with Gasteiger partial charge in [-0.05, 0) is 24.5 Å². The molecule has 4 rings (SSSR count). The lowest BCUT2D eigenvalue weighted by molar-refractivity contribution is -0.144. The molecule has 2 atom stereocenters. The number of amides is 3. The van der Waals surface area contributed by atoms with Crippen LogP contribution in [0.2, 0.25) is 0 Å². The van der Waals surface area contributed by atoms with Crippen LogP contribution in [0.15, 0.2) is 65.8 Å². The number of nitrogens with zero attached hydrogens (tertiary/aromatic N) is 3. The van der Waals surface area contributed by atoms with Gasteiger partial charge in [0.15, 0.2) is 0 Å². The predicted octanol–water partition coefficient (Wildman–Crippen LogP) is 3.02. The van der Waals surface area contributed by atoms with Gasteiger partial charge in [-0.15, -0.1) is 0 Å². The van der Waals surface area contributed by atoms with Crippen molar-refractivity contribution in [3.8, 4) is 0 Å². The molecule has 0 saturated carbocycles. The molecule has 2 heterocycles. The third-order valence-electron chi connectivity index (χ3n) is 7.01. The molecule has 0 spiro atoms. The average molecular weight is 505 g/mol. The third-order valence-corrected chi connectivity index (χ3v) is 7.01. The molecule has 2 aliphatic rings. The minimum atomic E-state index is -0.900. The number of hydrazone groups is 1. The van der Waals surface area contributed by atoms with E-state index in [1.54, 1.807) is 18.7 Å². The van der Waals surface area contributed by atoms with Crippen molar-refractivity contribution in [1.29, 1.82) is 0 Å². The molecule has 196 valence electrons. The highest BCUT2D eigenvalue weighted by molar-refractivity contribution is 6.13. The van der Waals surface area contributed by atoms with E-state index in [0.717, 1.165) is 16.8 Å². The van der Waals surface area contributed by atoms with Crippen LogP contribution >= 0.6 is 0 Å². The maximum atomic E-state index is 13.8. The van der Waals surface area contributed by atoms with E-state index in [0.29, 0.717) is 32.5 Å². The lowest BCUT2D eigenvalue weighted by Crippen LogP contribution is -2.60. The Labute approximate surface area is 218 Å². The highest BCUT2D eigenvalue weighted by Gasteiger charge is 2.54. The zero-order valence-electron chi connectivity index (χ0n) is 21.9. The Morgan fingerprint density at radius 2 is 1.70 bits per heavy atom. The molecule has 0 radical (unpaired) electrons. The molecule has 0 aliphatic carbocycles. The molecule has 2 aliphatic heterocycles. The largest absolute Gasteiger partial charge is 0.374 e. The Bertz CT molecular complexity index is 1140. The molecule has 2 unspecified atom stereocenters. The van der Waals surface area contributed by atoms with E-state index in [2.05, 4.69) is 10.4 Å². The zero-order chi connectivity index (χ0) is 26.4. The van der Waals surface area contributed by atoms with Gasteiger partial charge in [-0.1, -0.05) is 74.5 Å². The van der Waals surface area contributed by atoms with Gasteiger partial charge in [0.25, 0.3) is 5.91 Å². The number of fused-ring (bicyclic) bond motifs is 1. The predicted molar refractivity (Wildman–Crippen MR) is 141 cm³/mol. The lowest BCUT2D eigenvalue weighted by atomic mass is 9.73. The van der Waals surface area contributed by atoms with E-state index in [9.17, 15) is 14.4 Å². The molecule has 8 heteroatoms. The number of rotatable bonds is 10. The number of carbonyl (C=O) groups excluding carboxylic acids is 3. The quantitative estimate of drug-likeness (QED) is 0.539. The normalized spacial score (nSPS) is 20.0. The summed E-state index contributed by atoms with van der Waals surface area (Å²) in [6, 6.07) is 18.7. The number of piperidine rings is 1. The van der Waals surface area contributed by atoms with Crippen LogP contribution in [0, 0.1) is 11.3 Å².